The first-order valence-electron chi connectivity index (χ1n) is 27.2. The Labute approximate surface area is 396 Å². The average molecular weight is 894 g/mol. The van der Waals surface area contributed by atoms with Crippen LogP contribution in [0, 0.1) is 0 Å². The lowest BCUT2D eigenvalue weighted by Gasteiger charge is -2.24. The Bertz CT molecular complexity index is 1190. The number of nitrogens with one attached hydrogen (secondary N) is 1. The van der Waals surface area contributed by atoms with Crippen molar-refractivity contribution in [2.45, 2.75) is 277 Å². The summed E-state index contributed by atoms with van der Waals surface area (Å²) >= 11 is 0. The average Bonchev–Trinajstić information content (AvgIpc) is 3.29. The van der Waals surface area contributed by atoms with Crippen LogP contribution in [0.15, 0.2) is 72.9 Å². The van der Waals surface area contributed by atoms with E-state index in [9.17, 15) is 19.8 Å². The molecule has 6 nitrogen and oxygen atoms in total. The van der Waals surface area contributed by atoms with E-state index < -0.39 is 18.2 Å². The number of esters is 1. The van der Waals surface area contributed by atoms with E-state index >= 15 is 0 Å². The van der Waals surface area contributed by atoms with Gasteiger partial charge in [-0.25, -0.2) is 0 Å². The van der Waals surface area contributed by atoms with Gasteiger partial charge in [-0.1, -0.05) is 235 Å². The van der Waals surface area contributed by atoms with Gasteiger partial charge in [-0.2, -0.15) is 0 Å². The van der Waals surface area contributed by atoms with Gasteiger partial charge in [0.25, 0.3) is 0 Å². The molecule has 0 saturated carbocycles. The zero-order valence-corrected chi connectivity index (χ0v) is 42.1. The van der Waals surface area contributed by atoms with Crippen LogP contribution in [0.4, 0.5) is 0 Å². The smallest absolute Gasteiger partial charge is 0.306 e. The maximum Gasteiger partial charge on any atom is 0.306 e. The minimum Gasteiger partial charge on any atom is -0.462 e. The van der Waals surface area contributed by atoms with Gasteiger partial charge in [0.1, 0.15) is 6.10 Å². The van der Waals surface area contributed by atoms with Crippen LogP contribution in [-0.4, -0.2) is 46.9 Å². The second-order valence-corrected chi connectivity index (χ2v) is 18.4. The number of amides is 1. The van der Waals surface area contributed by atoms with E-state index in [1.165, 1.54) is 135 Å². The number of rotatable bonds is 48. The fraction of sp³-hybridized carbons (Fsp3) is 0.759. The van der Waals surface area contributed by atoms with E-state index in [1.807, 2.05) is 6.08 Å². The number of allylic oxidation sites excluding steroid dienone is 12. The van der Waals surface area contributed by atoms with Gasteiger partial charge in [0.2, 0.25) is 5.91 Å². The highest BCUT2D eigenvalue weighted by Crippen LogP contribution is 2.17. The summed E-state index contributed by atoms with van der Waals surface area (Å²) in [7, 11) is 0. The van der Waals surface area contributed by atoms with Crippen molar-refractivity contribution in [3.63, 3.8) is 0 Å². The molecular weight excluding hydrogens is 791 g/mol. The minimum absolute atomic E-state index is 0.0478. The highest BCUT2D eigenvalue weighted by atomic mass is 16.5. The molecule has 0 bridgehead atoms. The first-order chi connectivity index (χ1) is 31.5. The molecule has 370 valence electrons. The number of hydrogen-bond acceptors (Lipinski definition) is 5. The summed E-state index contributed by atoms with van der Waals surface area (Å²) in [6.45, 7) is 6.40. The van der Waals surface area contributed by atoms with Crippen molar-refractivity contribution in [1.29, 1.82) is 0 Å². The lowest BCUT2D eigenvalue weighted by atomic mass is 10.0. The van der Waals surface area contributed by atoms with E-state index in [2.05, 4.69) is 92.9 Å². The van der Waals surface area contributed by atoms with Crippen molar-refractivity contribution in [2.24, 2.45) is 0 Å². The SMILES string of the molecule is CCCCC/C=C\C/C=C\CCCCCCCCCCCC(=O)OC(CCCCC/C=C/C=C/C=C/C=C/CCCCC)CC(=O)NC(CO)C(O)CCCCCCCCCCCC. The third kappa shape index (κ3) is 45.9. The van der Waals surface area contributed by atoms with E-state index in [0.29, 0.717) is 19.3 Å². The summed E-state index contributed by atoms with van der Waals surface area (Å²) in [5.74, 6) is -0.516. The van der Waals surface area contributed by atoms with Gasteiger partial charge >= 0.3 is 5.97 Å². The molecule has 0 aromatic rings. The van der Waals surface area contributed by atoms with Crippen LogP contribution >= 0.6 is 0 Å². The molecule has 0 aromatic carbocycles. The number of carbonyl (C=O) groups excluding carboxylic acids is 2. The maximum atomic E-state index is 13.2. The van der Waals surface area contributed by atoms with E-state index in [1.54, 1.807) is 0 Å². The molecule has 0 aliphatic carbocycles. The van der Waals surface area contributed by atoms with Crippen LogP contribution in [0.3, 0.4) is 0 Å². The maximum absolute atomic E-state index is 13.2. The monoisotopic (exact) mass is 894 g/mol. The topological polar surface area (TPSA) is 95.9 Å². The molecule has 64 heavy (non-hydrogen) atoms. The zero-order valence-electron chi connectivity index (χ0n) is 42.1. The van der Waals surface area contributed by atoms with Crippen LogP contribution in [-0.2, 0) is 14.3 Å². The standard InChI is InChI=1S/C58H103NO5/c1-4-7-10-13-16-19-22-24-26-28-29-30-32-34-36-39-42-45-48-51-58(63)64-54(49-46-43-40-37-35-33-31-27-25-23-20-17-14-11-8-5-2)52-57(62)59-55(53-60)56(61)50-47-44-41-38-21-18-15-12-9-6-3/h16-17,19-20,23-27,31,33,35,54-56,60-61H,4-15,18,21-22,28-30,32,34,36-53H2,1-3H3,(H,59,62)/b19-16-,20-17+,25-23+,26-24-,31-27+,35-33+. The lowest BCUT2D eigenvalue weighted by molar-refractivity contribution is -0.151. The fourth-order valence-electron chi connectivity index (χ4n) is 7.94. The molecule has 0 aliphatic heterocycles. The molecule has 3 atom stereocenters. The fourth-order valence-corrected chi connectivity index (χ4v) is 7.94. The normalized spacial score (nSPS) is 13.8. The molecule has 1 amide bonds. The van der Waals surface area contributed by atoms with Crippen molar-refractivity contribution in [1.82, 2.24) is 5.32 Å². The molecule has 0 aliphatic rings. The molecule has 3 N–H and O–H groups in total. The third-order valence-corrected chi connectivity index (χ3v) is 12.1. The van der Waals surface area contributed by atoms with Crippen LogP contribution in [0.2, 0.25) is 0 Å². The highest BCUT2D eigenvalue weighted by molar-refractivity contribution is 5.77. The summed E-state index contributed by atoms with van der Waals surface area (Å²) in [5, 5.41) is 23.7. The molecule has 0 fully saturated rings. The lowest BCUT2D eigenvalue weighted by Crippen LogP contribution is -2.46. The zero-order chi connectivity index (χ0) is 46.7. The van der Waals surface area contributed by atoms with Gasteiger partial charge in [-0.15, -0.1) is 0 Å². The van der Waals surface area contributed by atoms with Crippen molar-refractivity contribution >= 4 is 11.9 Å². The Morgan fingerprint density at radius 3 is 1.38 bits per heavy atom. The summed E-state index contributed by atoms with van der Waals surface area (Å²) in [6.07, 6.45) is 65.3. The van der Waals surface area contributed by atoms with Gasteiger partial charge in [0.05, 0.1) is 25.2 Å². The van der Waals surface area contributed by atoms with Crippen molar-refractivity contribution in [3.05, 3.63) is 72.9 Å². The largest absolute Gasteiger partial charge is 0.462 e. The molecular formula is C58H103NO5. The van der Waals surface area contributed by atoms with Crippen molar-refractivity contribution in [2.75, 3.05) is 6.61 Å². The van der Waals surface area contributed by atoms with Gasteiger partial charge in [0, 0.05) is 6.42 Å². The molecule has 0 rings (SSSR count). The number of unbranched alkanes of at least 4 members (excludes halogenated alkanes) is 27. The highest BCUT2D eigenvalue weighted by Gasteiger charge is 2.24. The van der Waals surface area contributed by atoms with E-state index in [0.717, 1.165) is 77.0 Å². The summed E-state index contributed by atoms with van der Waals surface area (Å²) in [5.41, 5.74) is 0. The summed E-state index contributed by atoms with van der Waals surface area (Å²) in [4.78, 5) is 26.2. The Morgan fingerprint density at radius 2 is 0.859 bits per heavy atom. The summed E-state index contributed by atoms with van der Waals surface area (Å²) < 4.78 is 5.93. The number of carbonyl (C=O) groups is 2. The predicted octanol–water partition coefficient (Wildman–Crippen LogP) is 16.6. The van der Waals surface area contributed by atoms with Crippen LogP contribution in [0.5, 0.6) is 0 Å². The molecule has 6 heteroatoms. The number of aliphatic hydroxyl groups is 2. The van der Waals surface area contributed by atoms with Crippen LogP contribution < -0.4 is 5.32 Å². The molecule has 0 radical (unpaired) electrons. The number of ether oxygens (including phenoxy) is 1. The second kappa shape index (κ2) is 51.3. The third-order valence-electron chi connectivity index (χ3n) is 12.1. The van der Waals surface area contributed by atoms with Gasteiger partial charge in [-0.05, 0) is 83.5 Å². The molecule has 0 saturated heterocycles. The van der Waals surface area contributed by atoms with Crippen LogP contribution in [0.1, 0.15) is 258 Å². The number of hydrogen-bond donors (Lipinski definition) is 3. The first kappa shape index (κ1) is 61.3. The Balaban J connectivity index is 4.63. The van der Waals surface area contributed by atoms with Crippen LogP contribution in [0.25, 0.3) is 0 Å². The molecule has 0 spiro atoms. The quantitative estimate of drug-likeness (QED) is 0.0245. The first-order valence-corrected chi connectivity index (χ1v) is 27.2. The minimum atomic E-state index is -0.801. The Morgan fingerprint density at radius 1 is 0.469 bits per heavy atom. The second-order valence-electron chi connectivity index (χ2n) is 18.4. The number of aliphatic hydroxyl groups excluding tert-OH is 2. The van der Waals surface area contributed by atoms with E-state index in [-0.39, 0.29) is 24.9 Å². The Kier molecular flexibility index (Phi) is 49.1. The van der Waals surface area contributed by atoms with Gasteiger partial charge < -0.3 is 20.3 Å². The molecule has 0 aromatic heterocycles. The van der Waals surface area contributed by atoms with E-state index in [4.69, 9.17) is 4.74 Å². The predicted molar refractivity (Wildman–Crippen MR) is 278 cm³/mol. The van der Waals surface area contributed by atoms with Crippen molar-refractivity contribution in [3.8, 4) is 0 Å². The van der Waals surface area contributed by atoms with Crippen molar-refractivity contribution < 1.29 is 24.5 Å². The summed E-state index contributed by atoms with van der Waals surface area (Å²) in [6, 6.07) is -0.717. The Hall–Kier alpha value is -2.70. The molecule has 3 unspecified atom stereocenters. The van der Waals surface area contributed by atoms with Gasteiger partial charge in [0.15, 0.2) is 0 Å². The van der Waals surface area contributed by atoms with Gasteiger partial charge in [-0.3, -0.25) is 9.59 Å². The molecule has 0 heterocycles.